The molecule has 1 aromatic heterocycles. The molecule has 0 atom stereocenters. The average Bonchev–Trinajstić information content (AvgIpc) is 3.48. The van der Waals surface area contributed by atoms with Crippen molar-refractivity contribution in [2.24, 2.45) is 11.8 Å². The van der Waals surface area contributed by atoms with Gasteiger partial charge in [0.2, 0.25) is 5.91 Å². The number of amides is 2. The lowest BCUT2D eigenvalue weighted by Crippen LogP contribution is -2.48. The van der Waals surface area contributed by atoms with E-state index in [1.807, 2.05) is 4.90 Å². The second-order valence-corrected chi connectivity index (χ2v) is 8.51. The Bertz CT molecular complexity index is 677. The maximum atomic E-state index is 12.6. The maximum Gasteiger partial charge on any atom is 0.316 e. The number of hydrogen-bond donors (Lipinski definition) is 1. The molecule has 7 heteroatoms. The van der Waals surface area contributed by atoms with Crippen LogP contribution in [0.3, 0.4) is 0 Å². The van der Waals surface area contributed by atoms with Gasteiger partial charge in [0.1, 0.15) is 0 Å². The molecule has 2 aliphatic rings. The van der Waals surface area contributed by atoms with Crippen LogP contribution in [0.25, 0.3) is 0 Å². The highest BCUT2D eigenvalue weighted by Gasteiger charge is 2.51. The van der Waals surface area contributed by atoms with Gasteiger partial charge in [0.15, 0.2) is 0 Å². The van der Waals surface area contributed by atoms with Gasteiger partial charge < -0.3 is 15.0 Å². The third-order valence-corrected chi connectivity index (χ3v) is 6.03. The Morgan fingerprint density at radius 2 is 1.89 bits per heavy atom. The van der Waals surface area contributed by atoms with E-state index in [2.05, 4.69) is 29.1 Å². The SMILES string of the molecule is COc1ncc(C(=O)NC2(C3CCN(C(=O)CCCC(C)C)CC3)CC2)cn1. The number of likely N-dealkylation sites (tertiary alicyclic amines) is 1. The number of methoxy groups -OCH3 is 1. The van der Waals surface area contributed by atoms with Gasteiger partial charge in [0, 0.05) is 37.4 Å². The molecule has 2 fully saturated rings. The van der Waals surface area contributed by atoms with Crippen molar-refractivity contribution in [2.75, 3.05) is 20.2 Å². The van der Waals surface area contributed by atoms with Gasteiger partial charge in [-0.2, -0.15) is 0 Å². The van der Waals surface area contributed by atoms with E-state index in [1.165, 1.54) is 19.5 Å². The van der Waals surface area contributed by atoms with E-state index >= 15 is 0 Å². The van der Waals surface area contributed by atoms with Gasteiger partial charge in [-0.15, -0.1) is 0 Å². The molecule has 1 saturated carbocycles. The molecule has 1 aromatic rings. The first-order valence-corrected chi connectivity index (χ1v) is 10.4. The minimum atomic E-state index is -0.132. The van der Waals surface area contributed by atoms with Crippen LogP contribution in [0.2, 0.25) is 0 Å². The Balaban J connectivity index is 1.48. The van der Waals surface area contributed by atoms with E-state index in [9.17, 15) is 9.59 Å². The van der Waals surface area contributed by atoms with Gasteiger partial charge in [0.25, 0.3) is 5.91 Å². The lowest BCUT2D eigenvalue weighted by atomic mass is 9.86. The van der Waals surface area contributed by atoms with Crippen molar-refractivity contribution in [3.05, 3.63) is 18.0 Å². The van der Waals surface area contributed by atoms with E-state index in [1.54, 1.807) is 0 Å². The molecule has 0 aromatic carbocycles. The summed E-state index contributed by atoms with van der Waals surface area (Å²) >= 11 is 0. The fourth-order valence-electron chi connectivity index (χ4n) is 4.11. The highest BCUT2D eigenvalue weighted by atomic mass is 16.5. The second kappa shape index (κ2) is 8.88. The summed E-state index contributed by atoms with van der Waals surface area (Å²) in [6.07, 6.45) is 9.64. The van der Waals surface area contributed by atoms with Gasteiger partial charge >= 0.3 is 6.01 Å². The molecule has 1 N–H and O–H groups in total. The van der Waals surface area contributed by atoms with Gasteiger partial charge in [-0.05, 0) is 43.9 Å². The number of aromatic nitrogens is 2. The van der Waals surface area contributed by atoms with Gasteiger partial charge in [-0.25, -0.2) is 9.97 Å². The summed E-state index contributed by atoms with van der Waals surface area (Å²) in [6.45, 7) is 5.98. The molecule has 2 amide bonds. The summed E-state index contributed by atoms with van der Waals surface area (Å²) in [4.78, 5) is 35.0. The Hall–Kier alpha value is -2.18. The Morgan fingerprint density at radius 1 is 1.25 bits per heavy atom. The molecule has 1 aliphatic heterocycles. The Morgan fingerprint density at radius 3 is 2.43 bits per heavy atom. The van der Waals surface area contributed by atoms with Crippen LogP contribution >= 0.6 is 0 Å². The molecule has 2 heterocycles. The van der Waals surface area contributed by atoms with Crippen molar-refractivity contribution in [1.29, 1.82) is 0 Å². The van der Waals surface area contributed by atoms with E-state index in [4.69, 9.17) is 4.74 Å². The van der Waals surface area contributed by atoms with Crippen LogP contribution in [0.4, 0.5) is 0 Å². The monoisotopic (exact) mass is 388 g/mol. The molecule has 28 heavy (non-hydrogen) atoms. The smallest absolute Gasteiger partial charge is 0.316 e. The van der Waals surface area contributed by atoms with Crippen LogP contribution in [0, 0.1) is 11.8 Å². The molecular formula is C21H32N4O3. The quantitative estimate of drug-likeness (QED) is 0.740. The van der Waals surface area contributed by atoms with Crippen molar-refractivity contribution in [2.45, 2.75) is 64.3 Å². The van der Waals surface area contributed by atoms with Crippen LogP contribution < -0.4 is 10.1 Å². The van der Waals surface area contributed by atoms with Crippen LogP contribution in [0.1, 0.15) is 69.2 Å². The summed E-state index contributed by atoms with van der Waals surface area (Å²) in [5.41, 5.74) is 0.328. The molecule has 154 valence electrons. The van der Waals surface area contributed by atoms with Crippen molar-refractivity contribution in [3.8, 4) is 6.01 Å². The number of piperidine rings is 1. The number of nitrogens with one attached hydrogen (secondary N) is 1. The molecule has 0 unspecified atom stereocenters. The standard InChI is InChI=1S/C21H32N4O3/c1-15(2)5-4-6-18(26)25-11-7-17(8-12-25)21(9-10-21)24-19(27)16-13-22-20(28-3)23-14-16/h13-15,17H,4-12H2,1-3H3,(H,24,27). The van der Waals surface area contributed by atoms with Crippen molar-refractivity contribution >= 4 is 11.8 Å². The van der Waals surface area contributed by atoms with E-state index in [0.29, 0.717) is 23.8 Å². The third-order valence-electron chi connectivity index (χ3n) is 6.03. The van der Waals surface area contributed by atoms with Crippen LogP contribution in [-0.2, 0) is 4.79 Å². The third kappa shape index (κ3) is 5.00. The fraction of sp³-hybridized carbons (Fsp3) is 0.714. The summed E-state index contributed by atoms with van der Waals surface area (Å²) in [5, 5.41) is 3.22. The lowest BCUT2D eigenvalue weighted by Gasteiger charge is -2.37. The molecule has 1 saturated heterocycles. The zero-order valence-corrected chi connectivity index (χ0v) is 17.2. The Labute approximate surface area is 167 Å². The lowest BCUT2D eigenvalue weighted by molar-refractivity contribution is -0.132. The molecular weight excluding hydrogens is 356 g/mol. The summed E-state index contributed by atoms with van der Waals surface area (Å²) < 4.78 is 4.94. The van der Waals surface area contributed by atoms with E-state index in [-0.39, 0.29) is 23.4 Å². The van der Waals surface area contributed by atoms with Crippen molar-refractivity contribution in [1.82, 2.24) is 20.2 Å². The normalized spacial score (nSPS) is 18.8. The van der Waals surface area contributed by atoms with Gasteiger partial charge in [-0.3, -0.25) is 9.59 Å². The molecule has 1 aliphatic carbocycles. The number of nitrogens with zero attached hydrogens (tertiary/aromatic N) is 3. The second-order valence-electron chi connectivity index (χ2n) is 8.51. The first kappa shape index (κ1) is 20.6. The molecule has 3 rings (SSSR count). The first-order valence-electron chi connectivity index (χ1n) is 10.4. The summed E-state index contributed by atoms with van der Waals surface area (Å²) in [7, 11) is 1.50. The predicted octanol–water partition coefficient (Wildman–Crippen LogP) is 2.81. The predicted molar refractivity (Wildman–Crippen MR) is 106 cm³/mol. The Kier molecular flexibility index (Phi) is 6.52. The zero-order valence-electron chi connectivity index (χ0n) is 17.2. The highest BCUT2D eigenvalue weighted by Crippen LogP contribution is 2.46. The van der Waals surface area contributed by atoms with Crippen LogP contribution in [-0.4, -0.2) is 52.4 Å². The van der Waals surface area contributed by atoms with Gasteiger partial charge in [-0.1, -0.05) is 20.3 Å². The van der Waals surface area contributed by atoms with Crippen molar-refractivity contribution < 1.29 is 14.3 Å². The number of hydrogen-bond acceptors (Lipinski definition) is 5. The maximum absolute atomic E-state index is 12.6. The van der Waals surface area contributed by atoms with Gasteiger partial charge in [0.05, 0.1) is 12.7 Å². The minimum absolute atomic E-state index is 0.121. The summed E-state index contributed by atoms with van der Waals surface area (Å²) in [5.74, 6) is 1.22. The zero-order chi connectivity index (χ0) is 20.1. The van der Waals surface area contributed by atoms with E-state index < -0.39 is 0 Å². The van der Waals surface area contributed by atoms with E-state index in [0.717, 1.165) is 51.6 Å². The topological polar surface area (TPSA) is 84.4 Å². The van der Waals surface area contributed by atoms with Crippen LogP contribution in [0.5, 0.6) is 6.01 Å². The highest BCUT2D eigenvalue weighted by molar-refractivity contribution is 5.94. The molecule has 0 spiro atoms. The largest absolute Gasteiger partial charge is 0.467 e. The van der Waals surface area contributed by atoms with Crippen molar-refractivity contribution in [3.63, 3.8) is 0 Å². The number of rotatable bonds is 8. The fourth-order valence-corrected chi connectivity index (χ4v) is 4.11. The average molecular weight is 389 g/mol. The molecule has 0 radical (unpaired) electrons. The van der Waals surface area contributed by atoms with Crippen LogP contribution in [0.15, 0.2) is 12.4 Å². The first-order chi connectivity index (χ1) is 13.4. The number of ether oxygens (including phenoxy) is 1. The molecule has 7 nitrogen and oxygen atoms in total. The molecule has 0 bridgehead atoms. The number of carbonyl (C=O) groups excluding carboxylic acids is 2. The minimum Gasteiger partial charge on any atom is -0.467 e. The summed E-state index contributed by atoms with van der Waals surface area (Å²) in [6, 6.07) is 0.253. The number of carbonyl (C=O) groups is 2.